The van der Waals surface area contributed by atoms with Gasteiger partial charge in [-0.15, -0.1) is 0 Å². The molecule has 0 fully saturated rings. The van der Waals surface area contributed by atoms with Gasteiger partial charge in [-0.05, 0) is 36.0 Å². The van der Waals surface area contributed by atoms with Crippen molar-refractivity contribution in [2.45, 2.75) is 52.6 Å². The van der Waals surface area contributed by atoms with Crippen molar-refractivity contribution >= 4 is 29.3 Å². The lowest BCUT2D eigenvalue weighted by Crippen LogP contribution is -2.29. The first-order valence-corrected chi connectivity index (χ1v) is 11.3. The third kappa shape index (κ3) is 7.32. The zero-order valence-corrected chi connectivity index (χ0v) is 19.3. The van der Waals surface area contributed by atoms with Crippen LogP contribution < -0.4 is 16.6 Å². The molecule has 1 atom stereocenters. The number of hydrogen-bond acceptors (Lipinski definition) is 6. The molecule has 4 N–H and O–H groups in total. The van der Waals surface area contributed by atoms with Crippen LogP contribution in [0.25, 0.3) is 11.1 Å². The van der Waals surface area contributed by atoms with Crippen molar-refractivity contribution in [3.63, 3.8) is 0 Å². The molecule has 0 aliphatic rings. The second-order valence-electron chi connectivity index (χ2n) is 7.79. The minimum absolute atomic E-state index is 0.0294. The Balaban J connectivity index is 2.32. The van der Waals surface area contributed by atoms with Crippen LogP contribution in [-0.4, -0.2) is 27.0 Å². The van der Waals surface area contributed by atoms with Crippen LogP contribution in [0.2, 0.25) is 0 Å². The number of allylic oxidation sites excluding steroid dienone is 2. The number of hydrogen-bond donors (Lipinski definition) is 3. The predicted octanol–water partition coefficient (Wildman–Crippen LogP) is 4.68. The van der Waals surface area contributed by atoms with E-state index in [-0.39, 0.29) is 17.4 Å². The van der Waals surface area contributed by atoms with Gasteiger partial charge < -0.3 is 15.6 Å². The molecular formula is C23H32N6OS. The Bertz CT molecular complexity index is 988. The first kappa shape index (κ1) is 24.3. The van der Waals surface area contributed by atoms with Crippen molar-refractivity contribution in [3.05, 3.63) is 58.6 Å². The molecule has 0 unspecified atom stereocenters. The predicted molar refractivity (Wildman–Crippen MR) is 132 cm³/mol. The van der Waals surface area contributed by atoms with Gasteiger partial charge in [-0.25, -0.2) is 4.37 Å². The van der Waals surface area contributed by atoms with E-state index in [2.05, 4.69) is 42.0 Å². The van der Waals surface area contributed by atoms with Gasteiger partial charge in [0, 0.05) is 54.1 Å². The van der Waals surface area contributed by atoms with Gasteiger partial charge in [0.05, 0.1) is 0 Å². The van der Waals surface area contributed by atoms with Gasteiger partial charge in [0.2, 0.25) is 0 Å². The number of nitrogens with zero attached hydrogens (tertiary/aromatic N) is 3. The molecule has 7 nitrogen and oxygen atoms in total. The Hall–Kier alpha value is -3.00. The lowest BCUT2D eigenvalue weighted by atomic mass is 10.1. The van der Waals surface area contributed by atoms with E-state index in [1.807, 2.05) is 23.8 Å². The van der Waals surface area contributed by atoms with Gasteiger partial charge in [-0.3, -0.25) is 15.2 Å². The van der Waals surface area contributed by atoms with Crippen LogP contribution in [0.4, 0.5) is 5.69 Å². The fourth-order valence-corrected chi connectivity index (χ4v) is 3.73. The van der Waals surface area contributed by atoms with Crippen LogP contribution in [0.1, 0.15) is 40.0 Å². The lowest BCUT2D eigenvalue weighted by Gasteiger charge is -2.20. The molecule has 2 heterocycles. The topological polar surface area (TPSA) is 109 Å². The molecule has 166 valence electrons. The molecule has 0 bridgehead atoms. The van der Waals surface area contributed by atoms with Gasteiger partial charge >= 0.3 is 0 Å². The van der Waals surface area contributed by atoms with Gasteiger partial charge in [-0.1, -0.05) is 39.8 Å². The largest absolute Gasteiger partial charge is 0.382 e. The number of amidine groups is 1. The quantitative estimate of drug-likeness (QED) is 0.253. The second-order valence-corrected chi connectivity index (χ2v) is 8.44. The van der Waals surface area contributed by atoms with E-state index in [9.17, 15) is 4.79 Å². The summed E-state index contributed by atoms with van der Waals surface area (Å²) >= 11 is 1.39. The molecule has 0 amide bonds. The van der Waals surface area contributed by atoms with Crippen LogP contribution >= 0.6 is 11.5 Å². The van der Waals surface area contributed by atoms with Crippen molar-refractivity contribution in [1.82, 2.24) is 8.94 Å². The van der Waals surface area contributed by atoms with Crippen LogP contribution in [-0.2, 0) is 6.54 Å². The summed E-state index contributed by atoms with van der Waals surface area (Å²) in [7, 11) is 0. The Kier molecular flexibility index (Phi) is 9.40. The molecule has 8 heteroatoms. The van der Waals surface area contributed by atoms with Crippen LogP contribution in [0.5, 0.6) is 0 Å². The van der Waals surface area contributed by atoms with E-state index in [1.54, 1.807) is 22.9 Å². The summed E-state index contributed by atoms with van der Waals surface area (Å²) in [5.74, 6) is 0.242. The molecule has 2 aromatic rings. The highest BCUT2D eigenvalue weighted by Crippen LogP contribution is 2.23. The SMILES string of the molecule is C=C/C=C(\N=CC[C@@H](CCC)Nc1cc(-c2cnsc2)cn(CC(C)C)c1=O)C(=N)N. The van der Waals surface area contributed by atoms with E-state index in [4.69, 9.17) is 11.1 Å². The van der Waals surface area contributed by atoms with Gasteiger partial charge in [-0.2, -0.15) is 0 Å². The number of nitrogens with one attached hydrogen (secondary N) is 2. The molecule has 0 saturated heterocycles. The van der Waals surface area contributed by atoms with Crippen molar-refractivity contribution in [3.8, 4) is 11.1 Å². The molecule has 0 aliphatic heterocycles. The number of rotatable bonds is 12. The van der Waals surface area contributed by atoms with E-state index < -0.39 is 0 Å². The molecule has 0 saturated carbocycles. The third-order valence-corrected chi connectivity index (χ3v) is 5.17. The van der Waals surface area contributed by atoms with Gasteiger partial charge in [0.1, 0.15) is 17.2 Å². The maximum absolute atomic E-state index is 13.1. The minimum atomic E-state index is -0.107. The smallest absolute Gasteiger partial charge is 0.273 e. The average molecular weight is 441 g/mol. The molecule has 0 aliphatic carbocycles. The van der Waals surface area contributed by atoms with Crippen LogP contribution in [0.15, 0.2) is 58.1 Å². The normalized spacial score (nSPS) is 13.0. The van der Waals surface area contributed by atoms with Crippen LogP contribution in [0, 0.1) is 11.3 Å². The lowest BCUT2D eigenvalue weighted by molar-refractivity contribution is 0.511. The fourth-order valence-electron chi connectivity index (χ4n) is 3.18. The summed E-state index contributed by atoms with van der Waals surface area (Å²) in [6, 6.07) is 1.93. The summed E-state index contributed by atoms with van der Waals surface area (Å²) in [5.41, 5.74) is 8.43. The molecule has 0 radical (unpaired) electrons. The monoisotopic (exact) mass is 440 g/mol. The van der Waals surface area contributed by atoms with Gasteiger partial charge in [0.25, 0.3) is 5.56 Å². The number of aliphatic imine (C=N–C) groups is 1. The zero-order valence-electron chi connectivity index (χ0n) is 18.5. The zero-order chi connectivity index (χ0) is 22.8. The summed E-state index contributed by atoms with van der Waals surface area (Å²) < 4.78 is 5.97. The molecule has 0 aromatic carbocycles. The number of pyridine rings is 1. The highest BCUT2D eigenvalue weighted by Gasteiger charge is 2.14. The van der Waals surface area contributed by atoms with Gasteiger partial charge in [0.15, 0.2) is 0 Å². The van der Waals surface area contributed by atoms with Crippen molar-refractivity contribution in [1.29, 1.82) is 5.41 Å². The van der Waals surface area contributed by atoms with E-state index in [1.165, 1.54) is 11.5 Å². The Labute approximate surface area is 188 Å². The summed E-state index contributed by atoms with van der Waals surface area (Å²) in [4.78, 5) is 17.4. The number of nitrogens with two attached hydrogens (primary N) is 1. The summed E-state index contributed by atoms with van der Waals surface area (Å²) in [5, 5.41) is 13.0. The van der Waals surface area contributed by atoms with Crippen molar-refractivity contribution in [2.24, 2.45) is 16.6 Å². The van der Waals surface area contributed by atoms with E-state index in [0.29, 0.717) is 30.3 Å². The fraction of sp³-hybridized carbons (Fsp3) is 0.391. The summed E-state index contributed by atoms with van der Waals surface area (Å²) in [6.07, 6.45) is 11.1. The maximum Gasteiger partial charge on any atom is 0.273 e. The summed E-state index contributed by atoms with van der Waals surface area (Å²) in [6.45, 7) is 10.6. The van der Waals surface area contributed by atoms with Crippen molar-refractivity contribution < 1.29 is 0 Å². The first-order valence-electron chi connectivity index (χ1n) is 10.5. The van der Waals surface area contributed by atoms with E-state index in [0.717, 1.165) is 24.0 Å². The third-order valence-electron chi connectivity index (χ3n) is 4.58. The first-order chi connectivity index (χ1) is 14.8. The number of aromatic nitrogens is 2. The second kappa shape index (κ2) is 12.0. The molecule has 31 heavy (non-hydrogen) atoms. The highest BCUT2D eigenvalue weighted by molar-refractivity contribution is 7.03. The van der Waals surface area contributed by atoms with Crippen molar-refractivity contribution in [2.75, 3.05) is 5.32 Å². The minimum Gasteiger partial charge on any atom is -0.382 e. The van der Waals surface area contributed by atoms with E-state index >= 15 is 0 Å². The Morgan fingerprint density at radius 2 is 2.23 bits per heavy atom. The standard InChI is InChI=1S/C23H32N6OS/c1-5-7-19(9-10-26-20(8-6-2)22(24)25)28-21-11-17(18-12-27-31-15-18)14-29(23(21)30)13-16(3)4/h6,8,10-12,14-16,19,28H,2,5,7,9,13H2,1,3-4H3,(H3,24,25)/b20-8-,26-10?/t19-/m1/s1. The number of anilines is 1. The average Bonchev–Trinajstić information content (AvgIpc) is 3.24. The Morgan fingerprint density at radius 3 is 2.81 bits per heavy atom. The molecule has 0 spiro atoms. The Morgan fingerprint density at radius 1 is 1.45 bits per heavy atom. The molecular weight excluding hydrogens is 408 g/mol. The highest BCUT2D eigenvalue weighted by atomic mass is 32.1. The van der Waals surface area contributed by atoms with Crippen LogP contribution in [0.3, 0.4) is 0 Å². The maximum atomic E-state index is 13.1. The molecule has 2 rings (SSSR count). The molecule has 2 aromatic heterocycles.